The van der Waals surface area contributed by atoms with Gasteiger partial charge in [-0.25, -0.2) is 4.99 Å². The predicted molar refractivity (Wildman–Crippen MR) is 41.3 cm³/mol. The summed E-state index contributed by atoms with van der Waals surface area (Å²) in [6.07, 6.45) is 1.65. The molecule has 2 heteroatoms. The Morgan fingerprint density at radius 3 is 2.00 bits per heavy atom. The molecule has 0 aliphatic heterocycles. The standard InChI is InChI=1S/C7H14N2/c1-5-9-6(8)7(2,3)4/h5,8H,1-4H3. The fourth-order valence-electron chi connectivity index (χ4n) is 0.323. The zero-order valence-corrected chi connectivity index (χ0v) is 6.52. The van der Waals surface area contributed by atoms with Crippen LogP contribution in [0.25, 0.3) is 0 Å². The maximum atomic E-state index is 7.34. The van der Waals surface area contributed by atoms with E-state index in [-0.39, 0.29) is 5.41 Å². The number of nitrogens with one attached hydrogen (secondary N) is 1. The van der Waals surface area contributed by atoms with Crippen molar-refractivity contribution >= 4 is 12.1 Å². The number of aliphatic imine (C=N–C) groups is 1. The Hall–Kier alpha value is -0.660. The lowest BCUT2D eigenvalue weighted by Crippen LogP contribution is -2.16. The third kappa shape index (κ3) is 3.01. The molecule has 0 bridgehead atoms. The molecule has 0 rings (SSSR count). The van der Waals surface area contributed by atoms with Gasteiger partial charge in [-0.05, 0) is 6.92 Å². The van der Waals surface area contributed by atoms with Crippen LogP contribution < -0.4 is 0 Å². The van der Waals surface area contributed by atoms with Crippen LogP contribution in [0.15, 0.2) is 4.99 Å². The highest BCUT2D eigenvalue weighted by Crippen LogP contribution is 2.14. The van der Waals surface area contributed by atoms with Crippen LogP contribution in [-0.4, -0.2) is 12.1 Å². The Morgan fingerprint density at radius 2 is 1.89 bits per heavy atom. The minimum Gasteiger partial charge on any atom is -0.286 e. The first kappa shape index (κ1) is 8.34. The van der Waals surface area contributed by atoms with Gasteiger partial charge in [0.05, 0.1) is 0 Å². The first-order chi connectivity index (χ1) is 3.98. The third-order valence-electron chi connectivity index (χ3n) is 0.969. The van der Waals surface area contributed by atoms with Crippen molar-refractivity contribution in [3.63, 3.8) is 0 Å². The Bertz CT molecular complexity index is 128. The van der Waals surface area contributed by atoms with E-state index in [2.05, 4.69) is 4.99 Å². The Balaban J connectivity index is 4.06. The number of nitrogens with zero attached hydrogens (tertiary/aromatic N) is 1. The van der Waals surface area contributed by atoms with Crippen molar-refractivity contribution in [3.05, 3.63) is 0 Å². The van der Waals surface area contributed by atoms with Crippen LogP contribution >= 0.6 is 0 Å². The van der Waals surface area contributed by atoms with Crippen LogP contribution in [0.1, 0.15) is 27.7 Å². The van der Waals surface area contributed by atoms with E-state index in [1.54, 1.807) is 6.21 Å². The van der Waals surface area contributed by atoms with Gasteiger partial charge in [-0.2, -0.15) is 0 Å². The molecule has 0 aromatic rings. The predicted octanol–water partition coefficient (Wildman–Crippen LogP) is 2.10. The van der Waals surface area contributed by atoms with E-state index in [0.29, 0.717) is 5.84 Å². The van der Waals surface area contributed by atoms with Gasteiger partial charge in [0, 0.05) is 11.6 Å². The van der Waals surface area contributed by atoms with Crippen LogP contribution in [0.4, 0.5) is 0 Å². The van der Waals surface area contributed by atoms with E-state index in [1.165, 1.54) is 0 Å². The summed E-state index contributed by atoms with van der Waals surface area (Å²) in [6.45, 7) is 7.74. The zero-order valence-electron chi connectivity index (χ0n) is 6.52. The molecular formula is C7H14N2. The summed E-state index contributed by atoms with van der Waals surface area (Å²) in [7, 11) is 0. The second kappa shape index (κ2) is 2.76. The molecule has 0 aliphatic carbocycles. The molecule has 0 radical (unpaired) electrons. The largest absolute Gasteiger partial charge is 0.286 e. The Labute approximate surface area is 56.5 Å². The molecule has 0 amide bonds. The van der Waals surface area contributed by atoms with Crippen LogP contribution in [-0.2, 0) is 0 Å². The molecule has 0 aliphatic rings. The summed E-state index contributed by atoms with van der Waals surface area (Å²) in [5.74, 6) is 0.435. The van der Waals surface area contributed by atoms with Gasteiger partial charge >= 0.3 is 0 Å². The van der Waals surface area contributed by atoms with E-state index in [4.69, 9.17) is 5.41 Å². The molecule has 0 aromatic carbocycles. The van der Waals surface area contributed by atoms with E-state index in [0.717, 1.165) is 0 Å². The van der Waals surface area contributed by atoms with Crippen molar-refractivity contribution in [3.8, 4) is 0 Å². The molecule has 0 heterocycles. The highest BCUT2D eigenvalue weighted by molar-refractivity contribution is 5.90. The summed E-state index contributed by atoms with van der Waals surface area (Å²) in [5.41, 5.74) is -0.105. The first-order valence-electron chi connectivity index (χ1n) is 3.06. The van der Waals surface area contributed by atoms with Crippen molar-refractivity contribution in [1.82, 2.24) is 0 Å². The number of amidine groups is 1. The van der Waals surface area contributed by atoms with E-state index >= 15 is 0 Å². The van der Waals surface area contributed by atoms with Gasteiger partial charge in [0.1, 0.15) is 5.84 Å². The highest BCUT2D eigenvalue weighted by Gasteiger charge is 2.14. The average Bonchev–Trinajstić information content (AvgIpc) is 1.64. The zero-order chi connectivity index (χ0) is 7.49. The maximum Gasteiger partial charge on any atom is 0.125 e. The minimum absolute atomic E-state index is 0.105. The lowest BCUT2D eigenvalue weighted by atomic mass is 9.95. The second-order valence-corrected chi connectivity index (χ2v) is 2.99. The summed E-state index contributed by atoms with van der Waals surface area (Å²) < 4.78 is 0. The first-order valence-corrected chi connectivity index (χ1v) is 3.06. The Kier molecular flexibility index (Phi) is 2.56. The molecule has 0 unspecified atom stereocenters. The molecule has 1 N–H and O–H groups in total. The quantitative estimate of drug-likeness (QED) is 0.381. The topological polar surface area (TPSA) is 36.2 Å². The summed E-state index contributed by atoms with van der Waals surface area (Å²) in [5, 5.41) is 7.34. The Morgan fingerprint density at radius 1 is 1.44 bits per heavy atom. The van der Waals surface area contributed by atoms with Crippen molar-refractivity contribution in [2.24, 2.45) is 10.4 Å². The van der Waals surface area contributed by atoms with Crippen LogP contribution in [0.3, 0.4) is 0 Å². The number of rotatable bonds is 0. The molecule has 0 aromatic heterocycles. The normalized spacial score (nSPS) is 12.4. The second-order valence-electron chi connectivity index (χ2n) is 2.99. The summed E-state index contributed by atoms with van der Waals surface area (Å²) >= 11 is 0. The van der Waals surface area contributed by atoms with E-state index in [9.17, 15) is 0 Å². The van der Waals surface area contributed by atoms with Crippen molar-refractivity contribution in [1.29, 1.82) is 5.41 Å². The molecule has 0 fully saturated rings. The minimum atomic E-state index is -0.105. The summed E-state index contributed by atoms with van der Waals surface area (Å²) in [4.78, 5) is 3.85. The lowest BCUT2D eigenvalue weighted by Gasteiger charge is -2.14. The molecule has 2 nitrogen and oxygen atoms in total. The smallest absolute Gasteiger partial charge is 0.125 e. The van der Waals surface area contributed by atoms with Gasteiger partial charge in [0.15, 0.2) is 0 Å². The molecule has 0 saturated carbocycles. The van der Waals surface area contributed by atoms with Gasteiger partial charge in [-0.15, -0.1) is 0 Å². The molecule has 52 valence electrons. The molecular weight excluding hydrogens is 112 g/mol. The van der Waals surface area contributed by atoms with Gasteiger partial charge in [-0.1, -0.05) is 20.8 Å². The fourth-order valence-corrected chi connectivity index (χ4v) is 0.323. The van der Waals surface area contributed by atoms with E-state index < -0.39 is 0 Å². The highest BCUT2D eigenvalue weighted by atomic mass is 14.8. The fraction of sp³-hybridized carbons (Fsp3) is 0.714. The SMILES string of the molecule is CC=NC(=N)C(C)(C)C. The van der Waals surface area contributed by atoms with E-state index in [1.807, 2.05) is 27.7 Å². The summed E-state index contributed by atoms with van der Waals surface area (Å²) in [6, 6.07) is 0. The van der Waals surface area contributed by atoms with Crippen LogP contribution in [0, 0.1) is 10.8 Å². The molecule has 0 spiro atoms. The monoisotopic (exact) mass is 126 g/mol. The maximum absolute atomic E-state index is 7.34. The van der Waals surface area contributed by atoms with Gasteiger partial charge in [-0.3, -0.25) is 5.41 Å². The van der Waals surface area contributed by atoms with Gasteiger partial charge in [0.2, 0.25) is 0 Å². The third-order valence-corrected chi connectivity index (χ3v) is 0.969. The number of hydrogen-bond donors (Lipinski definition) is 1. The van der Waals surface area contributed by atoms with Crippen molar-refractivity contribution in [2.45, 2.75) is 27.7 Å². The molecule has 9 heavy (non-hydrogen) atoms. The lowest BCUT2D eigenvalue weighted by molar-refractivity contribution is 0.581. The van der Waals surface area contributed by atoms with Crippen LogP contribution in [0.5, 0.6) is 0 Å². The van der Waals surface area contributed by atoms with Crippen molar-refractivity contribution < 1.29 is 0 Å². The van der Waals surface area contributed by atoms with Crippen LogP contribution in [0.2, 0.25) is 0 Å². The molecule has 0 saturated heterocycles. The average molecular weight is 126 g/mol. The van der Waals surface area contributed by atoms with Crippen molar-refractivity contribution in [2.75, 3.05) is 0 Å². The molecule has 0 atom stereocenters. The van der Waals surface area contributed by atoms with Gasteiger partial charge in [0.25, 0.3) is 0 Å². The number of hydrogen-bond acceptors (Lipinski definition) is 1. The van der Waals surface area contributed by atoms with Gasteiger partial charge < -0.3 is 0 Å².